The van der Waals surface area contributed by atoms with E-state index in [1.54, 1.807) is 18.1 Å². The van der Waals surface area contributed by atoms with Gasteiger partial charge < -0.3 is 4.42 Å². The van der Waals surface area contributed by atoms with Crippen LogP contribution in [0.2, 0.25) is 0 Å². The number of hydrogen-bond donors (Lipinski definition) is 0. The van der Waals surface area contributed by atoms with Crippen LogP contribution in [0.25, 0.3) is 0 Å². The van der Waals surface area contributed by atoms with Crippen molar-refractivity contribution in [2.75, 3.05) is 7.05 Å². The molecule has 5 rings (SSSR count). The lowest BCUT2D eigenvalue weighted by Gasteiger charge is -2.42. The first-order chi connectivity index (χ1) is 14.5. The van der Waals surface area contributed by atoms with E-state index in [0.29, 0.717) is 23.5 Å². The molecule has 2 aliphatic rings. The molecule has 30 heavy (non-hydrogen) atoms. The monoisotopic (exact) mass is 401 g/mol. The number of fused-ring (bicyclic) bond motifs is 1. The molecule has 1 aliphatic heterocycles. The Balaban J connectivity index is 1.68. The first-order valence-corrected chi connectivity index (χ1v) is 9.77. The van der Waals surface area contributed by atoms with Crippen molar-refractivity contribution in [1.29, 1.82) is 0 Å². The lowest BCUT2D eigenvalue weighted by atomic mass is 9.66. The number of rotatable bonds is 3. The fourth-order valence-electron chi connectivity index (χ4n) is 4.77. The second-order valence-corrected chi connectivity index (χ2v) is 7.66. The van der Waals surface area contributed by atoms with Gasteiger partial charge in [0.2, 0.25) is 0 Å². The minimum Gasteiger partial charge on any atom is -0.399 e. The molecule has 0 saturated heterocycles. The quantitative estimate of drug-likeness (QED) is 0.485. The highest BCUT2D eigenvalue weighted by Crippen LogP contribution is 2.48. The highest BCUT2D eigenvalue weighted by Gasteiger charge is 2.58. The van der Waals surface area contributed by atoms with E-state index in [4.69, 9.17) is 9.52 Å². The molecule has 2 atom stereocenters. The number of aryl methyl sites for hydroxylation is 1. The Morgan fingerprint density at radius 3 is 2.57 bits per heavy atom. The molecule has 2 aromatic carbocycles. The molecule has 0 N–H and O–H groups in total. The van der Waals surface area contributed by atoms with Crippen molar-refractivity contribution in [3.05, 3.63) is 99.3 Å². The fraction of sp³-hybridized carbons (Fsp3) is 0.217. The van der Waals surface area contributed by atoms with E-state index >= 15 is 0 Å². The van der Waals surface area contributed by atoms with E-state index in [2.05, 4.69) is 0 Å². The summed E-state index contributed by atoms with van der Waals surface area (Å²) in [6, 6.07) is 20.2. The molecule has 3 aromatic rings. The second kappa shape index (κ2) is 6.66. The molecular weight excluding hydrogens is 382 g/mol. The van der Waals surface area contributed by atoms with E-state index in [9.17, 15) is 14.9 Å². The summed E-state index contributed by atoms with van der Waals surface area (Å²) in [7, 11) is 1.80. The van der Waals surface area contributed by atoms with Crippen LogP contribution in [0.1, 0.15) is 39.6 Å². The van der Waals surface area contributed by atoms with Gasteiger partial charge in [0, 0.05) is 12.6 Å². The summed E-state index contributed by atoms with van der Waals surface area (Å²) in [6.07, 6.45) is 1.34. The summed E-state index contributed by atoms with van der Waals surface area (Å²) in [5, 5.41) is 17.6. The second-order valence-electron chi connectivity index (χ2n) is 7.66. The maximum atomic E-state index is 13.9. The smallest absolute Gasteiger partial charge is 0.399 e. The highest BCUT2D eigenvalue weighted by atomic mass is 16.6. The minimum atomic E-state index is -0.910. The number of furan rings is 1. The Kier molecular flexibility index (Phi) is 4.06. The third-order valence-corrected chi connectivity index (χ3v) is 6.17. The minimum absolute atomic E-state index is 0.0144. The van der Waals surface area contributed by atoms with Gasteiger partial charge in [-0.2, -0.15) is 5.10 Å². The van der Waals surface area contributed by atoms with Gasteiger partial charge in [0.05, 0.1) is 12.0 Å². The van der Waals surface area contributed by atoms with E-state index in [1.807, 2.05) is 54.6 Å². The van der Waals surface area contributed by atoms with E-state index < -0.39 is 16.4 Å². The van der Waals surface area contributed by atoms with Crippen LogP contribution in [0.3, 0.4) is 0 Å². The first kappa shape index (κ1) is 18.3. The lowest BCUT2D eigenvalue weighted by Crippen LogP contribution is -2.55. The van der Waals surface area contributed by atoms with Crippen LogP contribution in [0.5, 0.6) is 0 Å². The van der Waals surface area contributed by atoms with Crippen molar-refractivity contribution >= 4 is 17.4 Å². The van der Waals surface area contributed by atoms with Crippen molar-refractivity contribution in [1.82, 2.24) is 5.01 Å². The molecule has 0 amide bonds. The van der Waals surface area contributed by atoms with Crippen LogP contribution in [0.15, 0.2) is 76.2 Å². The number of likely N-dealkylation sites (N-methyl/N-ethyl adjacent to an activating group) is 1. The van der Waals surface area contributed by atoms with E-state index in [-0.39, 0.29) is 11.7 Å². The van der Waals surface area contributed by atoms with Crippen LogP contribution < -0.4 is 0 Å². The predicted molar refractivity (Wildman–Crippen MR) is 111 cm³/mol. The maximum absolute atomic E-state index is 13.9. The van der Waals surface area contributed by atoms with Gasteiger partial charge in [-0.3, -0.25) is 19.9 Å². The summed E-state index contributed by atoms with van der Waals surface area (Å²) in [5.41, 5.74) is 2.29. The fourth-order valence-corrected chi connectivity index (χ4v) is 4.77. The van der Waals surface area contributed by atoms with Gasteiger partial charge in [0.1, 0.15) is 16.2 Å². The summed E-state index contributed by atoms with van der Waals surface area (Å²) in [6.45, 7) is 0. The topological polar surface area (TPSA) is 88.9 Å². The summed E-state index contributed by atoms with van der Waals surface area (Å²) in [4.78, 5) is 24.4. The average molecular weight is 401 g/mol. The van der Waals surface area contributed by atoms with Gasteiger partial charge in [-0.25, -0.2) is 0 Å². The Bertz CT molecular complexity index is 1180. The third kappa shape index (κ3) is 2.51. The number of carbonyl (C=O) groups excluding carboxylic acids is 1. The average Bonchev–Trinajstić information content (AvgIpc) is 3.36. The van der Waals surface area contributed by atoms with Crippen molar-refractivity contribution in [3.63, 3.8) is 0 Å². The standard InChI is InChI=1S/C23H19N3O4/c1-25-23(14-13-15-7-5-6-10-17(15)22(23)27)20(16-8-3-2-4-9-16)21(24-25)18-11-12-19(30-18)26(28)29/h2-12,20H,13-14H2,1H3/t20-,23-/m1/s1. The van der Waals surface area contributed by atoms with Crippen molar-refractivity contribution in [2.24, 2.45) is 5.10 Å². The number of nitrogens with zero attached hydrogens (tertiary/aromatic N) is 3. The van der Waals surface area contributed by atoms with Gasteiger partial charge >= 0.3 is 5.88 Å². The number of ketones is 1. The molecule has 1 aromatic heterocycles. The molecule has 0 bridgehead atoms. The van der Waals surface area contributed by atoms with Gasteiger partial charge in [0.25, 0.3) is 0 Å². The molecule has 1 aliphatic carbocycles. The Labute approximate surface area is 172 Å². The molecular formula is C23H19N3O4. The first-order valence-electron chi connectivity index (χ1n) is 9.77. The van der Waals surface area contributed by atoms with E-state index in [0.717, 1.165) is 17.5 Å². The summed E-state index contributed by atoms with van der Waals surface area (Å²) < 4.78 is 5.50. The zero-order chi connectivity index (χ0) is 20.9. The number of hydrogen-bond acceptors (Lipinski definition) is 6. The molecule has 7 nitrogen and oxygen atoms in total. The highest BCUT2D eigenvalue weighted by molar-refractivity contribution is 6.15. The Morgan fingerprint density at radius 1 is 1.10 bits per heavy atom. The molecule has 150 valence electrons. The summed E-state index contributed by atoms with van der Waals surface area (Å²) in [5.74, 6) is -0.426. The van der Waals surface area contributed by atoms with Crippen LogP contribution >= 0.6 is 0 Å². The van der Waals surface area contributed by atoms with Gasteiger partial charge in [-0.1, -0.05) is 54.6 Å². The normalized spacial score (nSPS) is 22.8. The Hall–Kier alpha value is -3.74. The van der Waals surface area contributed by atoms with Crippen molar-refractivity contribution < 1.29 is 14.1 Å². The molecule has 0 saturated carbocycles. The number of Topliss-reactive ketones (excluding diaryl/α,β-unsaturated/α-hetero) is 1. The van der Waals surface area contributed by atoms with Crippen LogP contribution in [0.4, 0.5) is 5.88 Å². The molecule has 7 heteroatoms. The van der Waals surface area contributed by atoms with Gasteiger partial charge in [-0.15, -0.1) is 0 Å². The molecule has 2 heterocycles. The number of nitro groups is 1. The predicted octanol–water partition coefficient (Wildman–Crippen LogP) is 4.19. The zero-order valence-corrected chi connectivity index (χ0v) is 16.3. The SMILES string of the molecule is CN1N=C(c2ccc([N+](=O)[O-])o2)[C@@H](c2ccccc2)[C@@]12CCc1ccccc1C2=O. The number of benzene rings is 2. The lowest BCUT2D eigenvalue weighted by molar-refractivity contribution is -0.402. The van der Waals surface area contributed by atoms with Crippen molar-refractivity contribution in [2.45, 2.75) is 24.3 Å². The maximum Gasteiger partial charge on any atom is 0.433 e. The molecule has 0 unspecified atom stereocenters. The van der Waals surface area contributed by atoms with Crippen molar-refractivity contribution in [3.8, 4) is 0 Å². The molecule has 0 radical (unpaired) electrons. The van der Waals surface area contributed by atoms with Crippen LogP contribution in [-0.4, -0.2) is 34.0 Å². The van der Waals surface area contributed by atoms with Crippen LogP contribution in [-0.2, 0) is 6.42 Å². The number of hydrazone groups is 1. The largest absolute Gasteiger partial charge is 0.433 e. The molecule has 1 spiro atoms. The molecule has 0 fully saturated rings. The number of carbonyl (C=O) groups is 1. The Morgan fingerprint density at radius 2 is 1.83 bits per heavy atom. The third-order valence-electron chi connectivity index (χ3n) is 6.17. The zero-order valence-electron chi connectivity index (χ0n) is 16.3. The van der Waals surface area contributed by atoms with Crippen LogP contribution in [0, 0.1) is 10.1 Å². The van der Waals surface area contributed by atoms with Gasteiger partial charge in [0.15, 0.2) is 11.5 Å². The van der Waals surface area contributed by atoms with E-state index in [1.165, 1.54) is 6.07 Å². The van der Waals surface area contributed by atoms with Gasteiger partial charge in [-0.05, 0) is 30.0 Å². The summed E-state index contributed by atoms with van der Waals surface area (Å²) >= 11 is 0.